The Balaban J connectivity index is 2.54. The van der Waals surface area contributed by atoms with Gasteiger partial charge in [-0.05, 0) is 55.8 Å². The molecule has 0 heterocycles. The van der Waals surface area contributed by atoms with Crippen molar-refractivity contribution in [2.75, 3.05) is 10.5 Å². The van der Waals surface area contributed by atoms with E-state index in [1.165, 1.54) is 17.4 Å². The number of hydrazine groups is 1. The molecule has 0 unspecified atom stereocenters. The van der Waals surface area contributed by atoms with E-state index >= 15 is 0 Å². The van der Waals surface area contributed by atoms with Gasteiger partial charge in [-0.2, -0.15) is 18.6 Å². The van der Waals surface area contributed by atoms with Crippen molar-refractivity contribution in [1.82, 2.24) is 0 Å². The maximum absolute atomic E-state index is 11.6. The Morgan fingerprint density at radius 2 is 1.96 bits per heavy atom. The fraction of sp³-hybridized carbons (Fsp3) is 0.125. The van der Waals surface area contributed by atoms with E-state index in [4.69, 9.17) is 16.2 Å². The lowest BCUT2D eigenvalue weighted by Gasteiger charge is -2.23. The second-order valence-corrected chi connectivity index (χ2v) is 7.07. The number of aryl methyl sites for hydroxylation is 1. The molecule has 0 spiro atoms. The van der Waals surface area contributed by atoms with E-state index in [0.717, 1.165) is 17.7 Å². The van der Waals surface area contributed by atoms with E-state index < -0.39 is 21.0 Å². The first-order valence-corrected chi connectivity index (χ1v) is 9.11. The van der Waals surface area contributed by atoms with E-state index in [1.807, 2.05) is 6.92 Å². The zero-order chi connectivity index (χ0) is 19.5. The maximum Gasteiger partial charge on any atom is 0.338 e. The van der Waals surface area contributed by atoms with E-state index in [-0.39, 0.29) is 11.3 Å². The molecule has 0 atom stereocenters. The predicted octanol–water partition coefficient (Wildman–Crippen LogP) is 3.43. The van der Waals surface area contributed by atoms with Crippen LogP contribution >= 0.6 is 11.6 Å². The molecule has 0 aromatic heterocycles. The number of anilines is 2. The number of carboxylic acids is 1. The van der Waals surface area contributed by atoms with Gasteiger partial charge in [0, 0.05) is 11.2 Å². The van der Waals surface area contributed by atoms with Crippen molar-refractivity contribution in [2.45, 2.75) is 18.7 Å². The van der Waals surface area contributed by atoms with E-state index in [0.29, 0.717) is 10.7 Å². The molecule has 0 aliphatic heterocycles. The number of nitrogens with zero attached hydrogens (tertiary/aromatic N) is 2. The summed E-state index contributed by atoms with van der Waals surface area (Å²) < 4.78 is 31.7. The quantitative estimate of drug-likeness (QED) is 0.388. The maximum atomic E-state index is 11.6. The third-order valence-electron chi connectivity index (χ3n) is 3.37. The monoisotopic (exact) mass is 397 g/mol. The van der Waals surface area contributed by atoms with E-state index in [2.05, 4.69) is 10.5 Å². The van der Waals surface area contributed by atoms with Gasteiger partial charge in [-0.15, -0.1) is 0 Å². The lowest BCUT2D eigenvalue weighted by molar-refractivity contribution is 0.0697. The highest BCUT2D eigenvalue weighted by Gasteiger charge is 2.21. The minimum absolute atomic E-state index is 0.0809. The van der Waals surface area contributed by atoms with Gasteiger partial charge in [0.1, 0.15) is 0 Å². The molecule has 0 bridgehead atoms. The third kappa shape index (κ3) is 4.51. The van der Waals surface area contributed by atoms with Crippen molar-refractivity contribution in [3.63, 3.8) is 0 Å². The predicted molar refractivity (Wildman–Crippen MR) is 99.7 cm³/mol. The Morgan fingerprint density at radius 1 is 1.27 bits per heavy atom. The molecular weight excluding hydrogens is 382 g/mol. The first-order valence-electron chi connectivity index (χ1n) is 7.30. The Bertz CT molecular complexity index is 976. The minimum atomic E-state index is -4.54. The molecule has 0 saturated heterocycles. The van der Waals surface area contributed by atoms with Gasteiger partial charge in [0.15, 0.2) is 0 Å². The molecule has 138 valence electrons. The summed E-state index contributed by atoms with van der Waals surface area (Å²) in [6, 6.07) is 8.26. The van der Waals surface area contributed by atoms with Crippen molar-refractivity contribution >= 4 is 45.3 Å². The number of benzene rings is 2. The molecular formula is C16H16ClN3O5S. The summed E-state index contributed by atoms with van der Waals surface area (Å²) in [5.74, 6) is -1.38. The average molecular weight is 398 g/mol. The van der Waals surface area contributed by atoms with Crippen LogP contribution in [0.4, 0.5) is 11.4 Å². The highest BCUT2D eigenvalue weighted by atomic mass is 35.5. The smallest absolute Gasteiger partial charge is 0.338 e. The number of rotatable bonds is 6. The van der Waals surface area contributed by atoms with Crippen LogP contribution in [0.25, 0.3) is 0 Å². The van der Waals surface area contributed by atoms with E-state index in [1.54, 1.807) is 25.1 Å². The largest absolute Gasteiger partial charge is 0.478 e. The number of halogens is 1. The van der Waals surface area contributed by atoms with Crippen LogP contribution < -0.4 is 10.5 Å². The fourth-order valence-corrected chi connectivity index (χ4v) is 2.90. The van der Waals surface area contributed by atoms with Gasteiger partial charge in [0.2, 0.25) is 0 Å². The molecule has 0 aliphatic rings. The molecule has 2 rings (SSSR count). The average Bonchev–Trinajstić information content (AvgIpc) is 2.55. The number of hydrogen-bond donors (Lipinski definition) is 3. The number of hydrogen-bond acceptors (Lipinski definition) is 6. The van der Waals surface area contributed by atoms with Crippen LogP contribution in [-0.4, -0.2) is 30.3 Å². The summed E-state index contributed by atoms with van der Waals surface area (Å²) >= 11 is 5.93. The number of carbonyl (C=O) groups is 1. The highest BCUT2D eigenvalue weighted by molar-refractivity contribution is 7.85. The van der Waals surface area contributed by atoms with Crippen LogP contribution in [0.15, 0.2) is 46.4 Å². The van der Waals surface area contributed by atoms with Crippen LogP contribution in [0.1, 0.15) is 22.8 Å². The molecule has 2 aromatic carbocycles. The molecule has 0 amide bonds. The standard InChI is InChI=1S/C16H16ClN3O5S/c1-3-18-20(19-14-6-4-11(17)8-10(14)2)15-7-5-12(26(23,24)25)9-13(15)16(21)22/h3-9,19H,1-2H3,(H,21,22)(H,23,24,25)/b18-3+. The number of carboxylic acid groups (broad SMARTS) is 1. The van der Waals surface area contributed by atoms with Crippen molar-refractivity contribution in [1.29, 1.82) is 0 Å². The summed E-state index contributed by atoms with van der Waals surface area (Å²) in [5.41, 5.74) is 4.08. The van der Waals surface area contributed by atoms with Crippen molar-refractivity contribution < 1.29 is 22.9 Å². The Labute approximate surface area is 155 Å². The van der Waals surface area contributed by atoms with E-state index in [9.17, 15) is 18.3 Å². The summed E-state index contributed by atoms with van der Waals surface area (Å²) in [6.45, 7) is 3.44. The summed E-state index contributed by atoms with van der Waals surface area (Å²) in [6.07, 6.45) is 1.43. The molecule has 0 radical (unpaired) electrons. The molecule has 26 heavy (non-hydrogen) atoms. The van der Waals surface area contributed by atoms with Crippen LogP contribution in [0, 0.1) is 6.92 Å². The highest BCUT2D eigenvalue weighted by Crippen LogP contribution is 2.27. The molecule has 0 aliphatic carbocycles. The third-order valence-corrected chi connectivity index (χ3v) is 4.45. The van der Waals surface area contributed by atoms with Crippen molar-refractivity contribution in [3.8, 4) is 0 Å². The van der Waals surface area contributed by atoms with Crippen LogP contribution in [0.2, 0.25) is 5.02 Å². The van der Waals surface area contributed by atoms with Gasteiger partial charge in [0.25, 0.3) is 10.1 Å². The van der Waals surface area contributed by atoms with Gasteiger partial charge in [-0.25, -0.2) is 4.79 Å². The Morgan fingerprint density at radius 3 is 2.50 bits per heavy atom. The topological polar surface area (TPSA) is 119 Å². The summed E-state index contributed by atoms with van der Waals surface area (Å²) in [7, 11) is -4.54. The van der Waals surface area contributed by atoms with Gasteiger partial charge < -0.3 is 5.11 Å². The van der Waals surface area contributed by atoms with Crippen LogP contribution in [0.3, 0.4) is 0 Å². The van der Waals surface area contributed by atoms with Gasteiger partial charge in [-0.3, -0.25) is 9.98 Å². The Kier molecular flexibility index (Phi) is 5.86. The first kappa shape index (κ1) is 19.7. The molecule has 0 saturated carbocycles. The summed E-state index contributed by atoms with van der Waals surface area (Å²) in [4.78, 5) is 11.0. The minimum Gasteiger partial charge on any atom is -0.478 e. The zero-order valence-electron chi connectivity index (χ0n) is 13.8. The SMILES string of the molecule is C/C=N/N(Nc1ccc(Cl)cc1C)c1ccc(S(=O)(=O)O)cc1C(=O)O. The molecule has 8 nitrogen and oxygen atoms in total. The normalized spacial score (nSPS) is 11.5. The number of hydrazone groups is 1. The summed E-state index contributed by atoms with van der Waals surface area (Å²) in [5, 5.41) is 15.2. The van der Waals surface area contributed by atoms with Gasteiger partial charge in [-0.1, -0.05) is 11.6 Å². The van der Waals surface area contributed by atoms with Gasteiger partial charge in [0.05, 0.1) is 21.8 Å². The Hall–Kier alpha value is -2.62. The number of nitrogens with one attached hydrogen (secondary N) is 1. The van der Waals surface area contributed by atoms with Crippen LogP contribution in [0.5, 0.6) is 0 Å². The second kappa shape index (κ2) is 7.73. The van der Waals surface area contributed by atoms with Gasteiger partial charge >= 0.3 is 5.97 Å². The van der Waals surface area contributed by atoms with Crippen molar-refractivity contribution in [3.05, 3.63) is 52.5 Å². The lowest BCUT2D eigenvalue weighted by Crippen LogP contribution is -2.26. The second-order valence-electron chi connectivity index (χ2n) is 5.22. The number of aromatic carboxylic acids is 1. The van der Waals surface area contributed by atoms with Crippen molar-refractivity contribution in [2.24, 2.45) is 5.10 Å². The molecule has 0 fully saturated rings. The fourth-order valence-electron chi connectivity index (χ4n) is 2.16. The van der Waals surface area contributed by atoms with Crippen LogP contribution in [-0.2, 0) is 10.1 Å². The lowest BCUT2D eigenvalue weighted by atomic mass is 10.2. The first-order chi connectivity index (χ1) is 12.1. The molecule has 10 heteroatoms. The molecule has 2 aromatic rings. The zero-order valence-corrected chi connectivity index (χ0v) is 15.4. The molecule has 3 N–H and O–H groups in total.